The molecular formula is C7H10F2. The summed E-state index contributed by atoms with van der Waals surface area (Å²) >= 11 is 0. The molecule has 2 heteroatoms. The Morgan fingerprint density at radius 2 is 1.89 bits per heavy atom. The Morgan fingerprint density at radius 3 is 2.00 bits per heavy atom. The smallest absolute Gasteiger partial charge is 0.205 e. The van der Waals surface area contributed by atoms with Gasteiger partial charge in [0.15, 0.2) is 0 Å². The van der Waals surface area contributed by atoms with Gasteiger partial charge in [-0.25, -0.2) is 8.78 Å². The Labute approximate surface area is 53.9 Å². The average molecular weight is 132 g/mol. The lowest BCUT2D eigenvalue weighted by molar-refractivity contribution is 0.190. The van der Waals surface area contributed by atoms with E-state index in [1.807, 2.05) is 0 Å². The minimum Gasteiger partial charge on any atom is -0.205 e. The van der Waals surface area contributed by atoms with Crippen LogP contribution in [0.15, 0.2) is 23.8 Å². The van der Waals surface area contributed by atoms with E-state index in [4.69, 9.17) is 0 Å². The second kappa shape index (κ2) is 3.38. The van der Waals surface area contributed by atoms with Crippen LogP contribution in [0.1, 0.15) is 13.8 Å². The third-order valence-electron chi connectivity index (χ3n) is 0.818. The van der Waals surface area contributed by atoms with Gasteiger partial charge in [-0.05, 0) is 19.4 Å². The lowest BCUT2D eigenvalue weighted by atomic mass is 10.2. The number of halogens is 2. The first-order valence-corrected chi connectivity index (χ1v) is 2.66. The van der Waals surface area contributed by atoms with Gasteiger partial charge in [0, 0.05) is 0 Å². The predicted octanol–water partition coefficient (Wildman–Crippen LogP) is 2.77. The van der Waals surface area contributed by atoms with Crippen LogP contribution in [-0.4, -0.2) is 6.43 Å². The van der Waals surface area contributed by atoms with Crippen LogP contribution in [0.25, 0.3) is 0 Å². The number of hydrogen-bond acceptors (Lipinski definition) is 0. The van der Waals surface area contributed by atoms with Gasteiger partial charge in [0.1, 0.15) is 0 Å². The van der Waals surface area contributed by atoms with Gasteiger partial charge in [0.2, 0.25) is 0 Å². The molecule has 52 valence electrons. The van der Waals surface area contributed by atoms with Crippen molar-refractivity contribution in [3.63, 3.8) is 0 Å². The second-order valence-corrected chi connectivity index (χ2v) is 2.04. The minimum atomic E-state index is -2.35. The van der Waals surface area contributed by atoms with Crippen LogP contribution in [-0.2, 0) is 0 Å². The Balaban J connectivity index is 4.00. The van der Waals surface area contributed by atoms with Crippen molar-refractivity contribution in [2.45, 2.75) is 20.3 Å². The lowest BCUT2D eigenvalue weighted by Gasteiger charge is -1.96. The molecule has 0 amide bonds. The van der Waals surface area contributed by atoms with E-state index in [0.29, 0.717) is 5.57 Å². The van der Waals surface area contributed by atoms with E-state index in [-0.39, 0.29) is 5.57 Å². The van der Waals surface area contributed by atoms with Crippen molar-refractivity contribution in [2.75, 3.05) is 0 Å². The topological polar surface area (TPSA) is 0 Å². The van der Waals surface area contributed by atoms with Gasteiger partial charge in [0.25, 0.3) is 6.43 Å². The Bertz CT molecular complexity index is 134. The molecule has 0 aromatic carbocycles. The fourth-order valence-electron chi connectivity index (χ4n) is 0.452. The molecule has 0 nitrogen and oxygen atoms in total. The molecule has 0 radical (unpaired) electrons. The Morgan fingerprint density at radius 1 is 1.44 bits per heavy atom. The summed E-state index contributed by atoms with van der Waals surface area (Å²) in [7, 11) is 0. The van der Waals surface area contributed by atoms with Crippen LogP contribution in [0.4, 0.5) is 8.78 Å². The fourth-order valence-corrected chi connectivity index (χ4v) is 0.452. The molecular weight excluding hydrogens is 122 g/mol. The zero-order valence-corrected chi connectivity index (χ0v) is 5.62. The van der Waals surface area contributed by atoms with Crippen LogP contribution in [0, 0.1) is 0 Å². The number of allylic oxidation sites excluding steroid dienone is 3. The zero-order valence-electron chi connectivity index (χ0n) is 5.62. The summed E-state index contributed by atoms with van der Waals surface area (Å²) < 4.78 is 23.4. The summed E-state index contributed by atoms with van der Waals surface area (Å²) in [6.07, 6.45) is -0.966. The maximum atomic E-state index is 11.7. The van der Waals surface area contributed by atoms with Crippen LogP contribution >= 0.6 is 0 Å². The van der Waals surface area contributed by atoms with Crippen LogP contribution in [0.3, 0.4) is 0 Å². The minimum absolute atomic E-state index is 0.0718. The highest BCUT2D eigenvalue weighted by molar-refractivity contribution is 5.18. The molecule has 0 unspecified atom stereocenters. The summed E-state index contributed by atoms with van der Waals surface area (Å²) in [4.78, 5) is 0. The summed E-state index contributed by atoms with van der Waals surface area (Å²) in [6.45, 7) is 6.54. The highest BCUT2D eigenvalue weighted by Crippen LogP contribution is 2.08. The second-order valence-electron chi connectivity index (χ2n) is 2.04. The highest BCUT2D eigenvalue weighted by atomic mass is 19.3. The van der Waals surface area contributed by atoms with Gasteiger partial charge < -0.3 is 0 Å². The Kier molecular flexibility index (Phi) is 3.13. The molecule has 0 aliphatic rings. The van der Waals surface area contributed by atoms with Crippen LogP contribution < -0.4 is 0 Å². The predicted molar refractivity (Wildman–Crippen MR) is 34.6 cm³/mol. The highest BCUT2D eigenvalue weighted by Gasteiger charge is 2.02. The molecule has 0 aromatic heterocycles. The van der Waals surface area contributed by atoms with Crippen molar-refractivity contribution in [3.05, 3.63) is 23.8 Å². The molecule has 0 N–H and O–H groups in total. The molecule has 0 aliphatic carbocycles. The molecule has 0 heterocycles. The summed E-state index contributed by atoms with van der Waals surface area (Å²) in [5, 5.41) is 0. The van der Waals surface area contributed by atoms with Gasteiger partial charge >= 0.3 is 0 Å². The van der Waals surface area contributed by atoms with E-state index in [2.05, 4.69) is 6.58 Å². The van der Waals surface area contributed by atoms with Crippen molar-refractivity contribution in [2.24, 2.45) is 0 Å². The van der Waals surface area contributed by atoms with Crippen molar-refractivity contribution >= 4 is 0 Å². The maximum Gasteiger partial charge on any atom is 0.259 e. The van der Waals surface area contributed by atoms with E-state index in [1.54, 1.807) is 6.92 Å². The van der Waals surface area contributed by atoms with Crippen molar-refractivity contribution < 1.29 is 8.78 Å². The lowest BCUT2D eigenvalue weighted by Crippen LogP contribution is -1.90. The molecule has 0 rings (SSSR count). The zero-order chi connectivity index (χ0) is 7.44. The molecule has 0 aromatic rings. The van der Waals surface area contributed by atoms with E-state index >= 15 is 0 Å². The summed E-state index contributed by atoms with van der Waals surface area (Å²) in [5.74, 6) is 0. The summed E-state index contributed by atoms with van der Waals surface area (Å²) in [5.41, 5.74) is 0.732. The number of alkyl halides is 2. The average Bonchev–Trinajstić information content (AvgIpc) is 1.63. The molecule has 0 saturated heterocycles. The maximum absolute atomic E-state index is 11.7. The number of hydrogen-bond donors (Lipinski definition) is 0. The first kappa shape index (κ1) is 8.34. The standard InChI is InChI=1S/C7H10F2/c1-5(2)4-6(3)7(8)9/h4,7H,1H2,2-3H3/b6-4+. The molecule has 0 spiro atoms. The van der Waals surface area contributed by atoms with Crippen molar-refractivity contribution in [1.29, 1.82) is 0 Å². The largest absolute Gasteiger partial charge is 0.259 e. The van der Waals surface area contributed by atoms with Crippen LogP contribution in [0.5, 0.6) is 0 Å². The molecule has 0 atom stereocenters. The fraction of sp³-hybridized carbons (Fsp3) is 0.429. The van der Waals surface area contributed by atoms with E-state index < -0.39 is 6.43 Å². The molecule has 0 saturated carbocycles. The first-order chi connectivity index (χ1) is 4.04. The van der Waals surface area contributed by atoms with E-state index in [9.17, 15) is 8.78 Å². The Hall–Kier alpha value is -0.660. The van der Waals surface area contributed by atoms with Gasteiger partial charge in [0.05, 0.1) is 0 Å². The normalized spacial score (nSPS) is 12.3. The van der Waals surface area contributed by atoms with Crippen LogP contribution in [0.2, 0.25) is 0 Å². The van der Waals surface area contributed by atoms with E-state index in [0.717, 1.165) is 0 Å². The third kappa shape index (κ3) is 3.88. The SMILES string of the molecule is C=C(C)/C=C(\C)C(F)F. The monoisotopic (exact) mass is 132 g/mol. The van der Waals surface area contributed by atoms with Gasteiger partial charge in [-0.3, -0.25) is 0 Å². The van der Waals surface area contributed by atoms with Crippen molar-refractivity contribution in [3.8, 4) is 0 Å². The first-order valence-electron chi connectivity index (χ1n) is 2.66. The number of rotatable bonds is 2. The van der Waals surface area contributed by atoms with E-state index in [1.165, 1.54) is 13.0 Å². The molecule has 0 fully saturated rings. The van der Waals surface area contributed by atoms with Gasteiger partial charge in [-0.15, -0.1) is 0 Å². The van der Waals surface area contributed by atoms with Crippen molar-refractivity contribution in [1.82, 2.24) is 0 Å². The van der Waals surface area contributed by atoms with Gasteiger partial charge in [-0.1, -0.05) is 18.2 Å². The third-order valence-corrected chi connectivity index (χ3v) is 0.818. The molecule has 0 aliphatic heterocycles. The summed E-state index contributed by atoms with van der Waals surface area (Å²) in [6, 6.07) is 0. The quantitative estimate of drug-likeness (QED) is 0.507. The molecule has 0 bridgehead atoms. The van der Waals surface area contributed by atoms with Gasteiger partial charge in [-0.2, -0.15) is 0 Å². The molecule has 9 heavy (non-hydrogen) atoms.